The molecule has 1 fully saturated rings. The van der Waals surface area contributed by atoms with Crippen molar-refractivity contribution in [3.05, 3.63) is 42.0 Å². The molecule has 3 rings (SSSR count). The highest BCUT2D eigenvalue weighted by Crippen LogP contribution is 2.29. The van der Waals surface area contributed by atoms with Crippen LogP contribution in [0.5, 0.6) is 5.75 Å². The minimum absolute atomic E-state index is 0.0748. The summed E-state index contributed by atoms with van der Waals surface area (Å²) in [5.74, 6) is 0.625. The fourth-order valence-corrected chi connectivity index (χ4v) is 2.30. The summed E-state index contributed by atoms with van der Waals surface area (Å²) in [6.45, 7) is 2.15. The first kappa shape index (κ1) is 12.9. The van der Waals surface area contributed by atoms with Crippen molar-refractivity contribution in [2.45, 2.75) is 6.10 Å². The van der Waals surface area contributed by atoms with Gasteiger partial charge in [-0.15, -0.1) is 0 Å². The van der Waals surface area contributed by atoms with Crippen LogP contribution in [-0.4, -0.2) is 32.5 Å². The molecular weight excluding hydrogens is 254 g/mol. The third kappa shape index (κ3) is 2.60. The largest absolute Gasteiger partial charge is 0.489 e. The van der Waals surface area contributed by atoms with Gasteiger partial charge in [0.25, 0.3) is 0 Å². The zero-order chi connectivity index (χ0) is 13.8. The minimum Gasteiger partial charge on any atom is -0.489 e. The van der Waals surface area contributed by atoms with E-state index in [-0.39, 0.29) is 6.10 Å². The summed E-state index contributed by atoms with van der Waals surface area (Å²) in [5, 5.41) is 11.2. The molecule has 0 aromatic heterocycles. The first-order valence-corrected chi connectivity index (χ1v) is 6.62. The highest BCUT2D eigenvalue weighted by atomic mass is 16.6. The van der Waals surface area contributed by atoms with Crippen LogP contribution < -0.4 is 4.74 Å². The van der Waals surface area contributed by atoms with Gasteiger partial charge in [-0.05, 0) is 11.5 Å². The molecule has 0 saturated carbocycles. The molecule has 1 saturated heterocycles. The minimum atomic E-state index is -0.0748. The van der Waals surface area contributed by atoms with Crippen molar-refractivity contribution in [1.29, 1.82) is 5.26 Å². The molecule has 0 N–H and O–H groups in total. The third-order valence-corrected chi connectivity index (χ3v) is 3.30. The van der Waals surface area contributed by atoms with E-state index < -0.39 is 0 Å². The van der Waals surface area contributed by atoms with Crippen LogP contribution in [0.1, 0.15) is 5.56 Å². The van der Waals surface area contributed by atoms with E-state index in [0.29, 0.717) is 37.7 Å². The van der Waals surface area contributed by atoms with E-state index in [1.165, 1.54) is 0 Å². The van der Waals surface area contributed by atoms with Crippen LogP contribution in [-0.2, 0) is 9.47 Å². The Morgan fingerprint density at radius 3 is 2.90 bits per heavy atom. The zero-order valence-electron chi connectivity index (χ0n) is 11.0. The van der Waals surface area contributed by atoms with Crippen molar-refractivity contribution >= 4 is 10.8 Å². The molecule has 102 valence electrons. The first-order valence-electron chi connectivity index (χ1n) is 6.62. The van der Waals surface area contributed by atoms with Gasteiger partial charge in [0.1, 0.15) is 24.5 Å². The van der Waals surface area contributed by atoms with Crippen LogP contribution in [0.2, 0.25) is 0 Å². The highest BCUT2D eigenvalue weighted by Gasteiger charge is 2.17. The van der Waals surface area contributed by atoms with Gasteiger partial charge in [-0.3, -0.25) is 0 Å². The van der Waals surface area contributed by atoms with Gasteiger partial charge in [0, 0.05) is 5.39 Å². The van der Waals surface area contributed by atoms with Crippen LogP contribution in [0.4, 0.5) is 0 Å². The Morgan fingerprint density at radius 2 is 2.10 bits per heavy atom. The second-order valence-corrected chi connectivity index (χ2v) is 4.65. The lowest BCUT2D eigenvalue weighted by atomic mass is 10.1. The monoisotopic (exact) mass is 269 g/mol. The summed E-state index contributed by atoms with van der Waals surface area (Å²) in [6, 6.07) is 13.8. The maximum Gasteiger partial charge on any atom is 0.145 e. The lowest BCUT2D eigenvalue weighted by molar-refractivity contribution is -0.101. The molecule has 20 heavy (non-hydrogen) atoms. The van der Waals surface area contributed by atoms with E-state index in [0.717, 1.165) is 10.8 Å². The fourth-order valence-electron chi connectivity index (χ4n) is 2.30. The molecule has 0 amide bonds. The van der Waals surface area contributed by atoms with Gasteiger partial charge in [0.2, 0.25) is 0 Å². The number of nitriles is 1. The SMILES string of the molecule is N#Cc1ccc2ccccc2c1OCC1COCCO1. The van der Waals surface area contributed by atoms with Crippen LogP contribution in [0.3, 0.4) is 0 Å². The van der Waals surface area contributed by atoms with E-state index >= 15 is 0 Å². The van der Waals surface area contributed by atoms with Gasteiger partial charge in [-0.25, -0.2) is 0 Å². The molecule has 4 heteroatoms. The Kier molecular flexibility index (Phi) is 3.82. The molecule has 1 atom stereocenters. The third-order valence-electron chi connectivity index (χ3n) is 3.30. The molecule has 0 spiro atoms. The van der Waals surface area contributed by atoms with Gasteiger partial charge in [0.15, 0.2) is 0 Å². The quantitative estimate of drug-likeness (QED) is 0.859. The zero-order valence-corrected chi connectivity index (χ0v) is 11.0. The number of hydrogen-bond acceptors (Lipinski definition) is 4. The predicted octanol–water partition coefficient (Wildman–Crippen LogP) is 2.51. The van der Waals surface area contributed by atoms with Crippen LogP contribution in [0.25, 0.3) is 10.8 Å². The van der Waals surface area contributed by atoms with Crippen molar-refractivity contribution in [3.8, 4) is 11.8 Å². The Bertz CT molecular complexity index is 642. The molecule has 1 unspecified atom stereocenters. The fraction of sp³-hybridized carbons (Fsp3) is 0.312. The predicted molar refractivity (Wildman–Crippen MR) is 74.7 cm³/mol. The Hall–Kier alpha value is -2.09. The van der Waals surface area contributed by atoms with Gasteiger partial charge >= 0.3 is 0 Å². The second-order valence-electron chi connectivity index (χ2n) is 4.65. The highest BCUT2D eigenvalue weighted by molar-refractivity contribution is 5.90. The maximum absolute atomic E-state index is 9.23. The number of fused-ring (bicyclic) bond motifs is 1. The Morgan fingerprint density at radius 1 is 1.20 bits per heavy atom. The van der Waals surface area contributed by atoms with Crippen molar-refractivity contribution in [3.63, 3.8) is 0 Å². The summed E-state index contributed by atoms with van der Waals surface area (Å²) in [6.07, 6.45) is -0.0748. The van der Waals surface area contributed by atoms with E-state index in [1.807, 2.05) is 30.3 Å². The summed E-state index contributed by atoms with van der Waals surface area (Å²) in [7, 11) is 0. The molecule has 1 aliphatic rings. The number of hydrogen-bond donors (Lipinski definition) is 0. The lowest BCUT2D eigenvalue weighted by Crippen LogP contribution is -2.33. The van der Waals surface area contributed by atoms with Crippen LogP contribution in [0.15, 0.2) is 36.4 Å². The summed E-state index contributed by atoms with van der Waals surface area (Å²) >= 11 is 0. The molecule has 0 aliphatic carbocycles. The number of rotatable bonds is 3. The molecular formula is C16H15NO3. The van der Waals surface area contributed by atoms with Crippen molar-refractivity contribution < 1.29 is 14.2 Å². The smallest absolute Gasteiger partial charge is 0.145 e. The standard InChI is InChI=1S/C16H15NO3/c17-9-13-6-5-12-3-1-2-4-15(12)16(13)20-11-14-10-18-7-8-19-14/h1-6,14H,7-8,10-11H2. The average Bonchev–Trinajstić information content (AvgIpc) is 2.53. The van der Waals surface area contributed by atoms with E-state index in [1.54, 1.807) is 6.07 Å². The topological polar surface area (TPSA) is 51.5 Å². The maximum atomic E-state index is 9.23. The number of benzene rings is 2. The molecule has 2 aromatic rings. The second kappa shape index (κ2) is 5.91. The number of nitrogens with zero attached hydrogens (tertiary/aromatic N) is 1. The van der Waals surface area contributed by atoms with E-state index in [9.17, 15) is 5.26 Å². The molecule has 1 heterocycles. The summed E-state index contributed by atoms with van der Waals surface area (Å²) in [4.78, 5) is 0. The van der Waals surface area contributed by atoms with Gasteiger partial charge in [0.05, 0.1) is 25.4 Å². The first-order chi connectivity index (χ1) is 9.88. The molecule has 2 aromatic carbocycles. The average molecular weight is 269 g/mol. The van der Waals surface area contributed by atoms with Gasteiger partial charge < -0.3 is 14.2 Å². The number of ether oxygens (including phenoxy) is 3. The summed E-state index contributed by atoms with van der Waals surface area (Å²) in [5.41, 5.74) is 0.542. The van der Waals surface area contributed by atoms with Crippen molar-refractivity contribution in [2.24, 2.45) is 0 Å². The summed E-state index contributed by atoms with van der Waals surface area (Å²) < 4.78 is 16.8. The van der Waals surface area contributed by atoms with Crippen LogP contribution >= 0.6 is 0 Å². The van der Waals surface area contributed by atoms with E-state index in [4.69, 9.17) is 14.2 Å². The van der Waals surface area contributed by atoms with Crippen LogP contribution in [0, 0.1) is 11.3 Å². The lowest BCUT2D eigenvalue weighted by Gasteiger charge is -2.23. The van der Waals surface area contributed by atoms with Gasteiger partial charge in [-0.2, -0.15) is 5.26 Å². The molecule has 0 bridgehead atoms. The Balaban J connectivity index is 1.87. The van der Waals surface area contributed by atoms with E-state index in [2.05, 4.69) is 6.07 Å². The molecule has 1 aliphatic heterocycles. The normalized spacial score (nSPS) is 18.6. The van der Waals surface area contributed by atoms with Crippen molar-refractivity contribution in [1.82, 2.24) is 0 Å². The molecule has 4 nitrogen and oxygen atoms in total. The van der Waals surface area contributed by atoms with Gasteiger partial charge in [-0.1, -0.05) is 30.3 Å². The molecule has 0 radical (unpaired) electrons. The Labute approximate surface area is 117 Å². The van der Waals surface area contributed by atoms with Crippen molar-refractivity contribution in [2.75, 3.05) is 26.4 Å².